The Morgan fingerprint density at radius 1 is 1.36 bits per heavy atom. The van der Waals surface area contributed by atoms with E-state index in [1.165, 1.54) is 12.1 Å². The minimum absolute atomic E-state index is 0.0967. The molecule has 0 spiro atoms. The van der Waals surface area contributed by atoms with Crippen molar-refractivity contribution in [1.29, 1.82) is 0 Å². The van der Waals surface area contributed by atoms with Crippen LogP contribution in [0.2, 0.25) is 0 Å². The molecule has 14 heavy (non-hydrogen) atoms. The quantitative estimate of drug-likeness (QED) is 0.741. The molecule has 1 fully saturated rings. The van der Waals surface area contributed by atoms with Crippen molar-refractivity contribution >= 4 is 5.69 Å². The van der Waals surface area contributed by atoms with Crippen molar-refractivity contribution in [2.75, 3.05) is 18.0 Å². The Kier molecular flexibility index (Phi) is 2.37. The number of hydrogen-bond acceptors (Lipinski definition) is 2. The Morgan fingerprint density at radius 2 is 2.14 bits per heavy atom. The highest BCUT2D eigenvalue weighted by atomic mass is 19.1. The molecule has 2 N–H and O–H groups in total. The van der Waals surface area contributed by atoms with E-state index in [9.17, 15) is 8.78 Å². The molecule has 1 aromatic rings. The second kappa shape index (κ2) is 3.53. The number of hydrogen-bond donors (Lipinski definition) is 1. The lowest BCUT2D eigenvalue weighted by Crippen LogP contribution is -2.26. The lowest BCUT2D eigenvalue weighted by atomic mass is 10.2. The van der Waals surface area contributed by atoms with Gasteiger partial charge in [-0.25, -0.2) is 8.78 Å². The van der Waals surface area contributed by atoms with Crippen LogP contribution in [-0.2, 0) is 0 Å². The summed E-state index contributed by atoms with van der Waals surface area (Å²) in [6.45, 7) is 1.38. The summed E-state index contributed by atoms with van der Waals surface area (Å²) in [5.41, 5.74) is 6.15. The summed E-state index contributed by atoms with van der Waals surface area (Å²) in [4.78, 5) is 1.85. The molecule has 0 saturated carbocycles. The van der Waals surface area contributed by atoms with Gasteiger partial charge in [0.2, 0.25) is 0 Å². The molecule has 0 aliphatic carbocycles. The zero-order chi connectivity index (χ0) is 10.1. The van der Waals surface area contributed by atoms with Crippen LogP contribution in [0, 0.1) is 11.6 Å². The van der Waals surface area contributed by atoms with E-state index in [-0.39, 0.29) is 6.04 Å². The van der Waals surface area contributed by atoms with Crippen LogP contribution >= 0.6 is 0 Å². The Morgan fingerprint density at radius 3 is 2.71 bits per heavy atom. The molecule has 0 radical (unpaired) electrons. The minimum atomic E-state index is -0.547. The van der Waals surface area contributed by atoms with Crippen molar-refractivity contribution in [2.24, 2.45) is 5.73 Å². The Labute approximate surface area is 81.3 Å². The van der Waals surface area contributed by atoms with Gasteiger partial charge in [0, 0.05) is 25.2 Å². The third-order valence-electron chi connectivity index (χ3n) is 2.48. The van der Waals surface area contributed by atoms with Crippen LogP contribution < -0.4 is 10.6 Å². The van der Waals surface area contributed by atoms with Crippen molar-refractivity contribution in [3.63, 3.8) is 0 Å². The van der Waals surface area contributed by atoms with Gasteiger partial charge in [0.05, 0.1) is 5.69 Å². The predicted molar refractivity (Wildman–Crippen MR) is 51.2 cm³/mol. The molecule has 1 aliphatic rings. The highest BCUT2D eigenvalue weighted by Crippen LogP contribution is 2.23. The second-order valence-corrected chi connectivity index (χ2v) is 3.59. The maximum absolute atomic E-state index is 13.3. The zero-order valence-corrected chi connectivity index (χ0v) is 7.71. The van der Waals surface area contributed by atoms with Crippen LogP contribution in [0.1, 0.15) is 6.42 Å². The SMILES string of the molecule is N[C@H]1CCN(c2ccc(F)cc2F)C1. The molecule has 1 aromatic carbocycles. The van der Waals surface area contributed by atoms with Gasteiger partial charge in [0.1, 0.15) is 11.6 Å². The van der Waals surface area contributed by atoms with Gasteiger partial charge in [-0.1, -0.05) is 0 Å². The van der Waals surface area contributed by atoms with Crippen molar-refractivity contribution in [3.05, 3.63) is 29.8 Å². The van der Waals surface area contributed by atoms with Gasteiger partial charge >= 0.3 is 0 Å². The summed E-state index contributed by atoms with van der Waals surface area (Å²) >= 11 is 0. The van der Waals surface area contributed by atoms with Gasteiger partial charge in [-0.3, -0.25) is 0 Å². The molecular weight excluding hydrogens is 186 g/mol. The molecule has 1 atom stereocenters. The third kappa shape index (κ3) is 1.70. The molecule has 2 nitrogen and oxygen atoms in total. The van der Waals surface area contributed by atoms with Gasteiger partial charge < -0.3 is 10.6 Å². The largest absolute Gasteiger partial charge is 0.368 e. The summed E-state index contributed by atoms with van der Waals surface area (Å²) in [7, 11) is 0. The third-order valence-corrected chi connectivity index (χ3v) is 2.48. The van der Waals surface area contributed by atoms with Gasteiger partial charge in [-0.05, 0) is 18.6 Å². The zero-order valence-electron chi connectivity index (χ0n) is 7.71. The lowest BCUT2D eigenvalue weighted by Gasteiger charge is -2.18. The van der Waals surface area contributed by atoms with Crippen LogP contribution in [0.3, 0.4) is 0 Å². The average molecular weight is 198 g/mol. The molecule has 0 amide bonds. The summed E-state index contributed by atoms with van der Waals surface area (Å²) < 4.78 is 25.9. The highest BCUT2D eigenvalue weighted by Gasteiger charge is 2.21. The fraction of sp³-hybridized carbons (Fsp3) is 0.400. The Balaban J connectivity index is 2.24. The van der Waals surface area contributed by atoms with E-state index in [0.29, 0.717) is 12.2 Å². The Bertz CT molecular complexity index is 341. The van der Waals surface area contributed by atoms with E-state index in [0.717, 1.165) is 19.0 Å². The summed E-state index contributed by atoms with van der Waals surface area (Å²) in [5, 5.41) is 0. The van der Waals surface area contributed by atoms with Crippen molar-refractivity contribution < 1.29 is 8.78 Å². The van der Waals surface area contributed by atoms with Crippen LogP contribution in [0.25, 0.3) is 0 Å². The van der Waals surface area contributed by atoms with E-state index in [1.54, 1.807) is 0 Å². The maximum Gasteiger partial charge on any atom is 0.149 e. The number of benzene rings is 1. The van der Waals surface area contributed by atoms with Crippen molar-refractivity contribution in [3.8, 4) is 0 Å². The maximum atomic E-state index is 13.3. The normalized spacial score (nSPS) is 21.6. The van der Waals surface area contributed by atoms with Gasteiger partial charge in [0.25, 0.3) is 0 Å². The predicted octanol–water partition coefficient (Wildman–Crippen LogP) is 1.50. The summed E-state index contributed by atoms with van der Waals surface area (Å²) in [6.07, 6.45) is 0.858. The molecule has 0 aromatic heterocycles. The number of nitrogens with two attached hydrogens (primary N) is 1. The van der Waals surface area contributed by atoms with Crippen LogP contribution in [0.5, 0.6) is 0 Å². The topological polar surface area (TPSA) is 29.3 Å². The van der Waals surface area contributed by atoms with Crippen molar-refractivity contribution in [1.82, 2.24) is 0 Å². The molecule has 76 valence electrons. The number of halogens is 2. The molecule has 1 heterocycles. The van der Waals surface area contributed by atoms with Gasteiger partial charge in [-0.2, -0.15) is 0 Å². The van der Waals surface area contributed by atoms with Crippen LogP contribution in [0.4, 0.5) is 14.5 Å². The first-order chi connectivity index (χ1) is 6.66. The fourth-order valence-electron chi connectivity index (χ4n) is 1.74. The lowest BCUT2D eigenvalue weighted by molar-refractivity contribution is 0.581. The fourth-order valence-corrected chi connectivity index (χ4v) is 1.74. The highest BCUT2D eigenvalue weighted by molar-refractivity contribution is 5.49. The molecule has 4 heteroatoms. The second-order valence-electron chi connectivity index (χ2n) is 3.59. The average Bonchev–Trinajstić information content (AvgIpc) is 2.51. The smallest absolute Gasteiger partial charge is 0.149 e. The van der Waals surface area contributed by atoms with Gasteiger partial charge in [-0.15, -0.1) is 0 Å². The molecule has 1 aliphatic heterocycles. The molecule has 0 bridgehead atoms. The summed E-state index contributed by atoms with van der Waals surface area (Å²) in [5.74, 6) is -1.06. The first-order valence-electron chi connectivity index (χ1n) is 4.62. The minimum Gasteiger partial charge on any atom is -0.368 e. The first kappa shape index (κ1) is 9.40. The molecule has 2 rings (SSSR count). The molecular formula is C10H12F2N2. The van der Waals surface area contributed by atoms with E-state index in [1.807, 2.05) is 4.90 Å². The first-order valence-corrected chi connectivity index (χ1v) is 4.62. The van der Waals surface area contributed by atoms with Crippen molar-refractivity contribution in [2.45, 2.75) is 12.5 Å². The standard InChI is InChI=1S/C10H12F2N2/c11-7-1-2-10(9(12)5-7)14-4-3-8(13)6-14/h1-2,5,8H,3-4,6,13H2/t8-/m0/s1. The Hall–Kier alpha value is -1.16. The van der Waals surface area contributed by atoms with E-state index < -0.39 is 11.6 Å². The van der Waals surface area contributed by atoms with Gasteiger partial charge in [0.15, 0.2) is 0 Å². The number of rotatable bonds is 1. The van der Waals surface area contributed by atoms with E-state index in [2.05, 4.69) is 0 Å². The molecule has 0 unspecified atom stereocenters. The van der Waals surface area contributed by atoms with E-state index >= 15 is 0 Å². The van der Waals surface area contributed by atoms with E-state index in [4.69, 9.17) is 5.73 Å². The van der Waals surface area contributed by atoms with Crippen LogP contribution in [0.15, 0.2) is 18.2 Å². The monoisotopic (exact) mass is 198 g/mol. The summed E-state index contributed by atoms with van der Waals surface area (Å²) in [6, 6.07) is 3.73. The number of anilines is 1. The number of nitrogens with zero attached hydrogens (tertiary/aromatic N) is 1. The van der Waals surface area contributed by atoms with Crippen LogP contribution in [-0.4, -0.2) is 19.1 Å². The molecule has 1 saturated heterocycles.